The van der Waals surface area contributed by atoms with Crippen LogP contribution in [0.3, 0.4) is 0 Å². The van der Waals surface area contributed by atoms with Crippen molar-refractivity contribution in [2.75, 3.05) is 0 Å². The molecule has 0 spiro atoms. The monoisotopic (exact) mass is 206 g/mol. The summed E-state index contributed by atoms with van der Waals surface area (Å²) in [4.78, 5) is 0. The van der Waals surface area contributed by atoms with E-state index in [1.807, 2.05) is 5.57 Å². The minimum Gasteiger partial charge on any atom is -0.0848 e. The number of allylic oxidation sites excluding steroid dienone is 2. The molecule has 86 valence electrons. The topological polar surface area (TPSA) is 0 Å². The van der Waals surface area contributed by atoms with E-state index < -0.39 is 0 Å². The molecule has 0 amide bonds. The Hall–Kier alpha value is -0.260. The molecule has 0 saturated heterocycles. The molecule has 0 nitrogen and oxygen atoms in total. The Morgan fingerprint density at radius 3 is 2.80 bits per heavy atom. The minimum absolute atomic E-state index is 0.972. The van der Waals surface area contributed by atoms with Crippen molar-refractivity contribution in [2.24, 2.45) is 17.8 Å². The lowest BCUT2D eigenvalue weighted by Gasteiger charge is -2.31. The third-order valence-corrected chi connectivity index (χ3v) is 4.73. The summed E-state index contributed by atoms with van der Waals surface area (Å²) < 4.78 is 0. The van der Waals surface area contributed by atoms with Crippen LogP contribution in [0.2, 0.25) is 0 Å². The van der Waals surface area contributed by atoms with E-state index in [0.29, 0.717) is 0 Å². The fourth-order valence-electron chi connectivity index (χ4n) is 3.65. The highest BCUT2D eigenvalue weighted by atomic mass is 14.3. The molecular formula is C15H26. The molecular weight excluding hydrogens is 180 g/mol. The Labute approximate surface area is 95.1 Å². The van der Waals surface area contributed by atoms with Gasteiger partial charge in [-0.05, 0) is 49.9 Å². The predicted octanol–water partition coefficient (Wildman–Crippen LogP) is 4.95. The summed E-state index contributed by atoms with van der Waals surface area (Å²) in [5.41, 5.74) is 1.84. The zero-order chi connectivity index (χ0) is 10.7. The molecule has 0 aromatic carbocycles. The SMILES string of the molecule is CCC1CC=C2CCCCC2C(CC)C1. The van der Waals surface area contributed by atoms with Crippen LogP contribution in [0.1, 0.15) is 65.2 Å². The smallest absolute Gasteiger partial charge is 0.0175 e. The van der Waals surface area contributed by atoms with Gasteiger partial charge in [0.2, 0.25) is 0 Å². The molecule has 0 heterocycles. The second-order valence-electron chi connectivity index (χ2n) is 5.55. The molecule has 0 radical (unpaired) electrons. The van der Waals surface area contributed by atoms with Crippen molar-refractivity contribution < 1.29 is 0 Å². The molecule has 0 aliphatic heterocycles. The maximum atomic E-state index is 2.62. The van der Waals surface area contributed by atoms with Gasteiger partial charge in [-0.25, -0.2) is 0 Å². The van der Waals surface area contributed by atoms with Crippen molar-refractivity contribution in [3.8, 4) is 0 Å². The maximum Gasteiger partial charge on any atom is -0.0175 e. The zero-order valence-electron chi connectivity index (χ0n) is 10.5. The maximum absolute atomic E-state index is 2.62. The molecule has 0 aromatic heterocycles. The van der Waals surface area contributed by atoms with Gasteiger partial charge in [0, 0.05) is 0 Å². The third-order valence-electron chi connectivity index (χ3n) is 4.73. The number of fused-ring (bicyclic) bond motifs is 1. The summed E-state index contributed by atoms with van der Waals surface area (Å²) in [6.45, 7) is 4.76. The van der Waals surface area contributed by atoms with Gasteiger partial charge in [-0.15, -0.1) is 0 Å². The molecule has 1 saturated carbocycles. The average Bonchev–Trinajstić information content (AvgIpc) is 2.48. The van der Waals surface area contributed by atoms with E-state index in [1.54, 1.807) is 0 Å². The first kappa shape index (κ1) is 11.2. The average molecular weight is 206 g/mol. The molecule has 2 aliphatic carbocycles. The Kier molecular flexibility index (Phi) is 3.88. The van der Waals surface area contributed by atoms with E-state index in [2.05, 4.69) is 19.9 Å². The fourth-order valence-corrected chi connectivity index (χ4v) is 3.65. The van der Waals surface area contributed by atoms with Gasteiger partial charge in [0.05, 0.1) is 0 Å². The van der Waals surface area contributed by atoms with Gasteiger partial charge in [-0.2, -0.15) is 0 Å². The molecule has 1 fully saturated rings. The second-order valence-corrected chi connectivity index (χ2v) is 5.55. The van der Waals surface area contributed by atoms with Gasteiger partial charge >= 0.3 is 0 Å². The largest absolute Gasteiger partial charge is 0.0848 e. The number of hydrogen-bond acceptors (Lipinski definition) is 0. The van der Waals surface area contributed by atoms with Crippen molar-refractivity contribution in [3.05, 3.63) is 11.6 Å². The van der Waals surface area contributed by atoms with Crippen LogP contribution in [0.4, 0.5) is 0 Å². The normalized spacial score (nSPS) is 36.7. The molecule has 0 heteroatoms. The first-order valence-corrected chi connectivity index (χ1v) is 7.04. The van der Waals surface area contributed by atoms with E-state index in [-0.39, 0.29) is 0 Å². The van der Waals surface area contributed by atoms with Gasteiger partial charge < -0.3 is 0 Å². The van der Waals surface area contributed by atoms with E-state index in [9.17, 15) is 0 Å². The van der Waals surface area contributed by atoms with Crippen LogP contribution in [0.25, 0.3) is 0 Å². The Morgan fingerprint density at radius 1 is 1.20 bits per heavy atom. The van der Waals surface area contributed by atoms with Crippen molar-refractivity contribution in [1.29, 1.82) is 0 Å². The van der Waals surface area contributed by atoms with Crippen LogP contribution >= 0.6 is 0 Å². The van der Waals surface area contributed by atoms with Crippen LogP contribution in [-0.4, -0.2) is 0 Å². The molecule has 2 aliphatic rings. The Morgan fingerprint density at radius 2 is 2.07 bits per heavy atom. The molecule has 2 rings (SSSR count). The van der Waals surface area contributed by atoms with Gasteiger partial charge in [0.25, 0.3) is 0 Å². The van der Waals surface area contributed by atoms with E-state index in [0.717, 1.165) is 17.8 Å². The highest BCUT2D eigenvalue weighted by Gasteiger charge is 2.29. The summed E-state index contributed by atoms with van der Waals surface area (Å²) in [5, 5.41) is 0. The highest BCUT2D eigenvalue weighted by Crippen LogP contribution is 2.42. The first-order chi connectivity index (χ1) is 7.35. The highest BCUT2D eigenvalue weighted by molar-refractivity contribution is 5.13. The molecule has 0 aromatic rings. The van der Waals surface area contributed by atoms with Crippen LogP contribution < -0.4 is 0 Å². The van der Waals surface area contributed by atoms with Crippen LogP contribution in [0.15, 0.2) is 11.6 Å². The number of hydrogen-bond donors (Lipinski definition) is 0. The lowest BCUT2D eigenvalue weighted by Crippen LogP contribution is -2.20. The van der Waals surface area contributed by atoms with Crippen molar-refractivity contribution in [1.82, 2.24) is 0 Å². The lowest BCUT2D eigenvalue weighted by atomic mass is 9.74. The van der Waals surface area contributed by atoms with Crippen molar-refractivity contribution >= 4 is 0 Å². The predicted molar refractivity (Wildman–Crippen MR) is 66.8 cm³/mol. The quantitative estimate of drug-likeness (QED) is 0.561. The molecule has 3 atom stereocenters. The van der Waals surface area contributed by atoms with E-state index in [4.69, 9.17) is 0 Å². The molecule has 0 N–H and O–H groups in total. The van der Waals surface area contributed by atoms with E-state index >= 15 is 0 Å². The van der Waals surface area contributed by atoms with Gasteiger partial charge in [-0.3, -0.25) is 0 Å². The first-order valence-electron chi connectivity index (χ1n) is 7.04. The minimum atomic E-state index is 0.972. The Balaban J connectivity index is 2.12. The van der Waals surface area contributed by atoms with Gasteiger partial charge in [0.1, 0.15) is 0 Å². The molecule has 3 unspecified atom stereocenters. The molecule has 15 heavy (non-hydrogen) atoms. The summed E-state index contributed by atoms with van der Waals surface area (Å²) in [7, 11) is 0. The third kappa shape index (κ3) is 2.46. The van der Waals surface area contributed by atoms with Gasteiger partial charge in [0.15, 0.2) is 0 Å². The van der Waals surface area contributed by atoms with E-state index in [1.165, 1.54) is 51.4 Å². The van der Waals surface area contributed by atoms with Crippen LogP contribution in [0, 0.1) is 17.8 Å². The summed E-state index contributed by atoms with van der Waals surface area (Å²) >= 11 is 0. The van der Waals surface area contributed by atoms with Crippen LogP contribution in [0.5, 0.6) is 0 Å². The fraction of sp³-hybridized carbons (Fsp3) is 0.867. The second kappa shape index (κ2) is 5.18. The summed E-state index contributed by atoms with van der Waals surface area (Å²) in [6.07, 6.45) is 14.1. The number of rotatable bonds is 2. The van der Waals surface area contributed by atoms with Crippen molar-refractivity contribution in [2.45, 2.75) is 65.2 Å². The summed E-state index contributed by atoms with van der Waals surface area (Å²) in [6, 6.07) is 0. The zero-order valence-corrected chi connectivity index (χ0v) is 10.5. The van der Waals surface area contributed by atoms with Crippen molar-refractivity contribution in [3.63, 3.8) is 0 Å². The molecule has 0 bridgehead atoms. The lowest BCUT2D eigenvalue weighted by molar-refractivity contribution is 0.262. The Bertz CT molecular complexity index is 226. The standard InChI is InChI=1S/C15H26/c1-3-12-9-10-14-7-5-6-8-15(14)13(4-2)11-12/h10,12-13,15H,3-9,11H2,1-2H3. The van der Waals surface area contributed by atoms with Crippen LogP contribution in [-0.2, 0) is 0 Å². The summed E-state index contributed by atoms with van der Waals surface area (Å²) in [5.74, 6) is 2.96. The van der Waals surface area contributed by atoms with Gasteiger partial charge in [-0.1, -0.05) is 44.8 Å².